The highest BCUT2D eigenvalue weighted by molar-refractivity contribution is 5.81. The molecule has 0 saturated heterocycles. The Balaban J connectivity index is 1.49. The van der Waals surface area contributed by atoms with Crippen molar-refractivity contribution in [2.75, 3.05) is 5.43 Å². The number of ether oxygens (including phenoxy) is 2. The lowest BCUT2D eigenvalue weighted by Gasteiger charge is -2.14. The van der Waals surface area contributed by atoms with Crippen LogP contribution in [0.3, 0.4) is 0 Å². The molecular formula is C28H26N2O2. The fourth-order valence-corrected chi connectivity index (χ4v) is 3.20. The maximum absolute atomic E-state index is 6.13. The van der Waals surface area contributed by atoms with E-state index in [-0.39, 0.29) is 0 Å². The second-order valence-corrected chi connectivity index (χ2v) is 7.49. The molecule has 0 saturated carbocycles. The van der Waals surface area contributed by atoms with E-state index in [1.807, 2.05) is 97.1 Å². The van der Waals surface area contributed by atoms with Crippen LogP contribution in [0.5, 0.6) is 11.5 Å². The molecule has 0 bridgehead atoms. The molecule has 0 radical (unpaired) electrons. The van der Waals surface area contributed by atoms with Crippen molar-refractivity contribution in [1.82, 2.24) is 0 Å². The Morgan fingerprint density at radius 3 is 2.00 bits per heavy atom. The highest BCUT2D eigenvalue weighted by Crippen LogP contribution is 2.29. The predicted molar refractivity (Wildman–Crippen MR) is 130 cm³/mol. The molecule has 0 fully saturated rings. The first-order valence-electron chi connectivity index (χ1n) is 10.6. The van der Waals surface area contributed by atoms with E-state index < -0.39 is 0 Å². The minimum absolute atomic E-state index is 0.463. The lowest BCUT2D eigenvalue weighted by Crippen LogP contribution is -2.01. The number of nitrogens with one attached hydrogen (secondary N) is 1. The van der Waals surface area contributed by atoms with E-state index in [1.54, 1.807) is 6.21 Å². The molecule has 0 aliphatic rings. The summed E-state index contributed by atoms with van der Waals surface area (Å²) >= 11 is 0. The lowest BCUT2D eigenvalue weighted by atomic mass is 10.2. The first-order valence-corrected chi connectivity index (χ1v) is 10.6. The van der Waals surface area contributed by atoms with Gasteiger partial charge in [-0.05, 0) is 59.5 Å². The third kappa shape index (κ3) is 6.22. The highest BCUT2D eigenvalue weighted by Gasteiger charge is 2.08. The molecule has 4 rings (SSSR count). The van der Waals surface area contributed by atoms with E-state index in [4.69, 9.17) is 9.47 Å². The van der Waals surface area contributed by atoms with Gasteiger partial charge < -0.3 is 9.47 Å². The van der Waals surface area contributed by atoms with E-state index in [0.29, 0.717) is 24.7 Å². The van der Waals surface area contributed by atoms with Crippen molar-refractivity contribution in [3.63, 3.8) is 0 Å². The van der Waals surface area contributed by atoms with Crippen LogP contribution in [0.15, 0.2) is 108 Å². The topological polar surface area (TPSA) is 42.9 Å². The summed E-state index contributed by atoms with van der Waals surface area (Å²) in [4.78, 5) is 0. The van der Waals surface area contributed by atoms with E-state index >= 15 is 0 Å². The summed E-state index contributed by atoms with van der Waals surface area (Å²) in [6, 6.07) is 34.1. The number of aryl methyl sites for hydroxylation is 1. The molecule has 0 amide bonds. The molecule has 4 aromatic rings. The van der Waals surface area contributed by atoms with Gasteiger partial charge in [-0.2, -0.15) is 5.10 Å². The molecule has 4 nitrogen and oxygen atoms in total. The first-order chi connectivity index (χ1) is 15.8. The highest BCUT2D eigenvalue weighted by atomic mass is 16.5. The van der Waals surface area contributed by atoms with Crippen LogP contribution in [0.4, 0.5) is 5.69 Å². The Morgan fingerprint density at radius 2 is 1.34 bits per heavy atom. The normalized spacial score (nSPS) is 10.8. The molecule has 0 aromatic heterocycles. The van der Waals surface area contributed by atoms with Crippen LogP contribution in [0, 0.1) is 6.92 Å². The Labute approximate surface area is 189 Å². The number of hydrogen-bond acceptors (Lipinski definition) is 4. The predicted octanol–water partition coefficient (Wildman–Crippen LogP) is 6.60. The summed E-state index contributed by atoms with van der Waals surface area (Å²) in [5, 5.41) is 4.36. The molecule has 0 heterocycles. The van der Waals surface area contributed by atoms with Gasteiger partial charge in [0, 0.05) is 0 Å². The van der Waals surface area contributed by atoms with Gasteiger partial charge in [-0.25, -0.2) is 0 Å². The van der Waals surface area contributed by atoms with Gasteiger partial charge in [-0.3, -0.25) is 5.43 Å². The molecular weight excluding hydrogens is 396 g/mol. The molecule has 4 heteroatoms. The third-order valence-corrected chi connectivity index (χ3v) is 4.87. The smallest absolute Gasteiger partial charge is 0.162 e. The standard InChI is InChI=1S/C28H26N2O2/c1-22-9-8-14-26(17-22)30-29-19-25-15-16-27(31-20-23-10-4-2-5-11-23)28(18-25)32-21-24-12-6-3-7-13-24/h2-19,30H,20-21H2,1H3. The van der Waals surface area contributed by atoms with Gasteiger partial charge in [0.15, 0.2) is 11.5 Å². The molecule has 0 aliphatic heterocycles. The third-order valence-electron chi connectivity index (χ3n) is 4.87. The fraction of sp³-hybridized carbons (Fsp3) is 0.107. The number of anilines is 1. The molecule has 0 aliphatic carbocycles. The average molecular weight is 423 g/mol. The summed E-state index contributed by atoms with van der Waals surface area (Å²) in [5.41, 5.74) is 8.32. The van der Waals surface area contributed by atoms with E-state index in [9.17, 15) is 0 Å². The number of nitrogens with zero attached hydrogens (tertiary/aromatic N) is 1. The van der Waals surface area contributed by atoms with Crippen molar-refractivity contribution in [1.29, 1.82) is 0 Å². The van der Waals surface area contributed by atoms with Gasteiger partial charge in [-0.15, -0.1) is 0 Å². The molecule has 0 atom stereocenters. The second kappa shape index (κ2) is 10.8. The van der Waals surface area contributed by atoms with Gasteiger partial charge in [0.05, 0.1) is 11.9 Å². The molecule has 160 valence electrons. The van der Waals surface area contributed by atoms with Crippen LogP contribution in [0.2, 0.25) is 0 Å². The number of hydrogen-bond donors (Lipinski definition) is 1. The molecule has 0 unspecified atom stereocenters. The average Bonchev–Trinajstić information content (AvgIpc) is 2.83. The van der Waals surface area contributed by atoms with E-state index in [0.717, 1.165) is 22.4 Å². The Morgan fingerprint density at radius 1 is 0.688 bits per heavy atom. The SMILES string of the molecule is Cc1cccc(NN=Cc2ccc(OCc3ccccc3)c(OCc3ccccc3)c2)c1. The minimum Gasteiger partial charge on any atom is -0.485 e. The van der Waals surface area contributed by atoms with Gasteiger partial charge in [-0.1, -0.05) is 72.8 Å². The molecule has 32 heavy (non-hydrogen) atoms. The van der Waals surface area contributed by atoms with Crippen molar-refractivity contribution >= 4 is 11.9 Å². The summed E-state index contributed by atoms with van der Waals surface area (Å²) < 4.78 is 12.2. The summed E-state index contributed by atoms with van der Waals surface area (Å²) in [6.45, 7) is 3.00. The number of rotatable bonds is 9. The zero-order chi connectivity index (χ0) is 22.0. The monoisotopic (exact) mass is 422 g/mol. The number of hydrazone groups is 1. The van der Waals surface area contributed by atoms with Crippen LogP contribution < -0.4 is 14.9 Å². The zero-order valence-corrected chi connectivity index (χ0v) is 18.1. The van der Waals surface area contributed by atoms with Crippen LogP contribution in [0.1, 0.15) is 22.3 Å². The molecule has 1 N–H and O–H groups in total. The van der Waals surface area contributed by atoms with Gasteiger partial charge in [0.25, 0.3) is 0 Å². The van der Waals surface area contributed by atoms with Gasteiger partial charge in [0.2, 0.25) is 0 Å². The van der Waals surface area contributed by atoms with Crippen LogP contribution in [-0.2, 0) is 13.2 Å². The molecule has 4 aromatic carbocycles. The minimum atomic E-state index is 0.463. The Bertz CT molecular complexity index is 1160. The van der Waals surface area contributed by atoms with Crippen molar-refractivity contribution in [2.45, 2.75) is 20.1 Å². The number of benzene rings is 4. The van der Waals surface area contributed by atoms with Crippen molar-refractivity contribution in [3.8, 4) is 11.5 Å². The maximum atomic E-state index is 6.13. The van der Waals surface area contributed by atoms with Crippen molar-refractivity contribution in [3.05, 3.63) is 125 Å². The quantitative estimate of drug-likeness (QED) is 0.244. The largest absolute Gasteiger partial charge is 0.485 e. The van der Waals surface area contributed by atoms with E-state index in [1.165, 1.54) is 5.56 Å². The van der Waals surface area contributed by atoms with E-state index in [2.05, 4.69) is 23.5 Å². The van der Waals surface area contributed by atoms with Crippen LogP contribution in [-0.4, -0.2) is 6.21 Å². The fourth-order valence-electron chi connectivity index (χ4n) is 3.20. The van der Waals surface area contributed by atoms with Gasteiger partial charge >= 0.3 is 0 Å². The second-order valence-electron chi connectivity index (χ2n) is 7.49. The zero-order valence-electron chi connectivity index (χ0n) is 18.1. The van der Waals surface area contributed by atoms with Crippen LogP contribution in [0.25, 0.3) is 0 Å². The van der Waals surface area contributed by atoms with Crippen molar-refractivity contribution < 1.29 is 9.47 Å². The maximum Gasteiger partial charge on any atom is 0.162 e. The van der Waals surface area contributed by atoms with Gasteiger partial charge in [0.1, 0.15) is 13.2 Å². The molecule has 0 spiro atoms. The Hall–Kier alpha value is -4.05. The van der Waals surface area contributed by atoms with Crippen LogP contribution >= 0.6 is 0 Å². The van der Waals surface area contributed by atoms with Crippen molar-refractivity contribution in [2.24, 2.45) is 5.10 Å². The summed E-state index contributed by atoms with van der Waals surface area (Å²) in [7, 11) is 0. The Kier molecular flexibility index (Phi) is 7.17. The summed E-state index contributed by atoms with van der Waals surface area (Å²) in [5.74, 6) is 1.39. The first kappa shape index (κ1) is 21.2. The summed E-state index contributed by atoms with van der Waals surface area (Å²) in [6.07, 6.45) is 1.78. The lowest BCUT2D eigenvalue weighted by molar-refractivity contribution is 0.256.